The van der Waals surface area contributed by atoms with Crippen LogP contribution in [0.15, 0.2) is 36.4 Å². The van der Waals surface area contributed by atoms with Crippen molar-refractivity contribution >= 4 is 23.2 Å². The summed E-state index contributed by atoms with van der Waals surface area (Å²) in [5.41, 5.74) is 1.55. The number of benzene rings is 2. The van der Waals surface area contributed by atoms with E-state index in [1.165, 1.54) is 0 Å². The molecule has 1 heterocycles. The van der Waals surface area contributed by atoms with Crippen LogP contribution >= 0.6 is 11.6 Å². The molecule has 0 aromatic heterocycles. The lowest BCUT2D eigenvalue weighted by molar-refractivity contribution is -0.116. The number of rotatable bonds is 8. The zero-order valence-corrected chi connectivity index (χ0v) is 15.2. The van der Waals surface area contributed by atoms with Crippen LogP contribution in [0, 0.1) is 0 Å². The first-order chi connectivity index (χ1) is 12.7. The average molecular weight is 378 g/mol. The predicted octanol–water partition coefficient (Wildman–Crippen LogP) is 3.67. The monoisotopic (exact) mass is 377 g/mol. The Kier molecular flexibility index (Phi) is 6.20. The molecule has 26 heavy (non-hydrogen) atoms. The summed E-state index contributed by atoms with van der Waals surface area (Å²) in [6, 6.07) is 10.9. The second kappa shape index (κ2) is 8.78. The van der Waals surface area contributed by atoms with E-state index in [0.717, 1.165) is 11.3 Å². The predicted molar refractivity (Wildman–Crippen MR) is 98.3 cm³/mol. The SMILES string of the molecule is COCCOc1c(Cl)cccc1NC(=O)CCc1ccc2c(c1)OCO2. The second-order valence-corrected chi connectivity index (χ2v) is 6.10. The van der Waals surface area contributed by atoms with Gasteiger partial charge in [-0.25, -0.2) is 0 Å². The number of halogens is 1. The maximum atomic E-state index is 12.3. The maximum absolute atomic E-state index is 12.3. The summed E-state index contributed by atoms with van der Waals surface area (Å²) >= 11 is 6.18. The summed E-state index contributed by atoms with van der Waals surface area (Å²) in [5, 5.41) is 3.30. The zero-order valence-electron chi connectivity index (χ0n) is 14.4. The fourth-order valence-electron chi connectivity index (χ4n) is 2.55. The third kappa shape index (κ3) is 4.59. The van der Waals surface area contributed by atoms with E-state index < -0.39 is 0 Å². The highest BCUT2D eigenvalue weighted by Gasteiger charge is 2.15. The number of amides is 1. The van der Waals surface area contributed by atoms with Gasteiger partial charge in [-0.15, -0.1) is 0 Å². The summed E-state index contributed by atoms with van der Waals surface area (Å²) in [5.74, 6) is 1.77. The van der Waals surface area contributed by atoms with E-state index in [-0.39, 0.29) is 12.7 Å². The van der Waals surface area contributed by atoms with Gasteiger partial charge in [-0.2, -0.15) is 0 Å². The Morgan fingerprint density at radius 2 is 2.04 bits per heavy atom. The highest BCUT2D eigenvalue weighted by atomic mass is 35.5. The molecule has 1 aliphatic rings. The summed E-state index contributed by atoms with van der Waals surface area (Å²) in [6.45, 7) is 1.02. The van der Waals surface area contributed by atoms with Crippen LogP contribution in [0.5, 0.6) is 17.2 Å². The Morgan fingerprint density at radius 3 is 2.88 bits per heavy atom. The van der Waals surface area contributed by atoms with Gasteiger partial charge in [0.25, 0.3) is 0 Å². The fourth-order valence-corrected chi connectivity index (χ4v) is 2.78. The number of fused-ring (bicyclic) bond motifs is 1. The minimum absolute atomic E-state index is 0.124. The molecule has 0 aliphatic carbocycles. The Morgan fingerprint density at radius 1 is 1.19 bits per heavy atom. The van der Waals surface area contributed by atoms with Gasteiger partial charge in [-0.3, -0.25) is 4.79 Å². The molecule has 0 spiro atoms. The number of aryl methyl sites for hydroxylation is 1. The lowest BCUT2D eigenvalue weighted by Crippen LogP contribution is -2.14. The van der Waals surface area contributed by atoms with Crippen molar-refractivity contribution in [2.45, 2.75) is 12.8 Å². The first-order valence-corrected chi connectivity index (χ1v) is 8.64. The smallest absolute Gasteiger partial charge is 0.231 e. The van der Waals surface area contributed by atoms with Crippen molar-refractivity contribution in [3.8, 4) is 17.2 Å². The lowest BCUT2D eigenvalue weighted by Gasteiger charge is -2.14. The van der Waals surface area contributed by atoms with Crippen LogP contribution in [-0.4, -0.2) is 33.0 Å². The highest BCUT2D eigenvalue weighted by Crippen LogP contribution is 2.34. The minimum Gasteiger partial charge on any atom is -0.487 e. The number of ether oxygens (including phenoxy) is 4. The van der Waals surface area contributed by atoms with Crippen molar-refractivity contribution in [1.82, 2.24) is 0 Å². The largest absolute Gasteiger partial charge is 0.487 e. The van der Waals surface area contributed by atoms with Crippen LogP contribution in [0.2, 0.25) is 5.02 Å². The zero-order chi connectivity index (χ0) is 18.4. The lowest BCUT2D eigenvalue weighted by atomic mass is 10.1. The molecule has 3 rings (SSSR count). The van der Waals surface area contributed by atoms with Gasteiger partial charge in [0.1, 0.15) is 6.61 Å². The molecule has 1 N–H and O–H groups in total. The van der Waals surface area contributed by atoms with Crippen LogP contribution in [0.25, 0.3) is 0 Å². The number of carbonyl (C=O) groups is 1. The minimum atomic E-state index is -0.124. The van der Waals surface area contributed by atoms with Gasteiger partial charge in [0.05, 0.1) is 17.3 Å². The quantitative estimate of drug-likeness (QED) is 0.711. The number of carbonyl (C=O) groups excluding carboxylic acids is 1. The number of methoxy groups -OCH3 is 1. The van der Waals surface area contributed by atoms with E-state index in [1.54, 1.807) is 25.3 Å². The molecule has 1 amide bonds. The standard InChI is InChI=1S/C19H20ClNO5/c1-23-9-10-24-19-14(20)3-2-4-15(19)21-18(22)8-6-13-5-7-16-17(11-13)26-12-25-16/h2-5,7,11H,6,8-10,12H2,1H3,(H,21,22). The Balaban J connectivity index is 1.58. The van der Waals surface area contributed by atoms with Gasteiger partial charge in [-0.05, 0) is 36.2 Å². The normalized spacial score (nSPS) is 12.1. The molecule has 0 unspecified atom stereocenters. The van der Waals surface area contributed by atoms with E-state index in [1.807, 2.05) is 18.2 Å². The van der Waals surface area contributed by atoms with Crippen molar-refractivity contribution in [1.29, 1.82) is 0 Å². The molecule has 2 aromatic carbocycles. The van der Waals surface area contributed by atoms with Gasteiger partial charge >= 0.3 is 0 Å². The number of para-hydroxylation sites is 1. The van der Waals surface area contributed by atoms with Crippen LogP contribution in [0.1, 0.15) is 12.0 Å². The summed E-state index contributed by atoms with van der Waals surface area (Å²) in [6.07, 6.45) is 0.909. The molecular weight excluding hydrogens is 358 g/mol. The van der Waals surface area contributed by atoms with Crippen LogP contribution < -0.4 is 19.5 Å². The Bertz CT molecular complexity index is 781. The third-order valence-corrected chi connectivity index (χ3v) is 4.15. The van der Waals surface area contributed by atoms with Crippen LogP contribution in [0.4, 0.5) is 5.69 Å². The molecule has 7 heteroatoms. The first-order valence-electron chi connectivity index (χ1n) is 8.26. The van der Waals surface area contributed by atoms with Crippen molar-refractivity contribution in [2.24, 2.45) is 0 Å². The fraction of sp³-hybridized carbons (Fsp3) is 0.316. The van der Waals surface area contributed by atoms with Gasteiger partial charge in [0.15, 0.2) is 17.2 Å². The molecule has 6 nitrogen and oxygen atoms in total. The number of anilines is 1. The number of hydrogen-bond donors (Lipinski definition) is 1. The highest BCUT2D eigenvalue weighted by molar-refractivity contribution is 6.32. The summed E-state index contributed by atoms with van der Waals surface area (Å²) in [7, 11) is 1.59. The van der Waals surface area contributed by atoms with Gasteiger partial charge in [0.2, 0.25) is 12.7 Å². The Labute approximate surface area is 157 Å². The molecule has 0 bridgehead atoms. The molecule has 1 aliphatic heterocycles. The number of nitrogens with one attached hydrogen (secondary N) is 1. The molecule has 0 radical (unpaired) electrons. The Hall–Kier alpha value is -2.44. The van der Waals surface area contributed by atoms with E-state index in [0.29, 0.717) is 48.3 Å². The van der Waals surface area contributed by atoms with E-state index in [9.17, 15) is 4.79 Å². The molecular formula is C19H20ClNO5. The van der Waals surface area contributed by atoms with Crippen molar-refractivity contribution in [2.75, 3.05) is 32.4 Å². The topological polar surface area (TPSA) is 66.0 Å². The molecule has 0 saturated carbocycles. The van der Waals surface area contributed by atoms with Crippen LogP contribution in [0.3, 0.4) is 0 Å². The van der Waals surface area contributed by atoms with Crippen LogP contribution in [-0.2, 0) is 16.0 Å². The van der Waals surface area contributed by atoms with Crippen molar-refractivity contribution in [3.63, 3.8) is 0 Å². The van der Waals surface area contributed by atoms with Gasteiger partial charge in [-0.1, -0.05) is 23.7 Å². The van der Waals surface area contributed by atoms with E-state index >= 15 is 0 Å². The molecule has 138 valence electrons. The van der Waals surface area contributed by atoms with E-state index in [4.69, 9.17) is 30.5 Å². The molecule has 0 fully saturated rings. The second-order valence-electron chi connectivity index (χ2n) is 5.69. The maximum Gasteiger partial charge on any atom is 0.231 e. The van der Waals surface area contributed by atoms with Crippen molar-refractivity contribution in [3.05, 3.63) is 47.0 Å². The molecule has 0 saturated heterocycles. The molecule has 0 atom stereocenters. The van der Waals surface area contributed by atoms with Crippen molar-refractivity contribution < 1.29 is 23.7 Å². The summed E-state index contributed by atoms with van der Waals surface area (Å²) < 4.78 is 21.2. The van der Waals surface area contributed by atoms with Gasteiger partial charge < -0.3 is 24.3 Å². The third-order valence-electron chi connectivity index (χ3n) is 3.85. The van der Waals surface area contributed by atoms with Gasteiger partial charge in [0, 0.05) is 13.5 Å². The number of hydrogen-bond acceptors (Lipinski definition) is 5. The molecule has 2 aromatic rings. The van der Waals surface area contributed by atoms with E-state index in [2.05, 4.69) is 5.32 Å². The average Bonchev–Trinajstić information content (AvgIpc) is 3.10. The summed E-state index contributed by atoms with van der Waals surface area (Å²) in [4.78, 5) is 12.3. The first kappa shape index (κ1) is 18.4.